The van der Waals surface area contributed by atoms with E-state index >= 15 is 0 Å². The third kappa shape index (κ3) is 3.60. The minimum Gasteiger partial charge on any atom is -0.454 e. The normalized spacial score (nSPS) is 26.3. The Morgan fingerprint density at radius 2 is 1.58 bits per heavy atom. The maximum Gasteiger partial charge on any atom is 0.309 e. The van der Waals surface area contributed by atoms with E-state index in [2.05, 4.69) is 0 Å². The molecular formula is C22H28O4. The van der Waals surface area contributed by atoms with Gasteiger partial charge in [-0.25, -0.2) is 0 Å². The molecule has 3 unspecified atom stereocenters. The van der Waals surface area contributed by atoms with Crippen molar-refractivity contribution >= 4 is 17.5 Å². The number of Topliss-reactive ketones (excluding diaryl/α,β-unsaturated/α-hetero) is 2. The van der Waals surface area contributed by atoms with E-state index in [1.54, 1.807) is 6.92 Å². The van der Waals surface area contributed by atoms with Gasteiger partial charge in [-0.15, -0.1) is 0 Å². The molecule has 3 rings (SSSR count). The van der Waals surface area contributed by atoms with Crippen LogP contribution in [0.2, 0.25) is 0 Å². The van der Waals surface area contributed by atoms with Crippen molar-refractivity contribution in [2.75, 3.05) is 0 Å². The van der Waals surface area contributed by atoms with Crippen molar-refractivity contribution in [1.82, 2.24) is 0 Å². The summed E-state index contributed by atoms with van der Waals surface area (Å²) in [5.74, 6) is -0.391. The van der Waals surface area contributed by atoms with Crippen LogP contribution in [0.1, 0.15) is 66.1 Å². The molecule has 3 atom stereocenters. The van der Waals surface area contributed by atoms with E-state index in [-0.39, 0.29) is 29.5 Å². The van der Waals surface area contributed by atoms with Crippen LogP contribution in [-0.2, 0) is 14.3 Å². The first kappa shape index (κ1) is 18.8. The highest BCUT2D eigenvalue weighted by Gasteiger charge is 2.42. The van der Waals surface area contributed by atoms with Crippen LogP contribution in [0, 0.1) is 38.5 Å². The number of aryl methyl sites for hydroxylation is 3. The molecule has 4 heteroatoms. The molecular weight excluding hydrogens is 328 g/mol. The van der Waals surface area contributed by atoms with Crippen molar-refractivity contribution in [1.29, 1.82) is 0 Å². The lowest BCUT2D eigenvalue weighted by Gasteiger charge is -2.36. The second kappa shape index (κ2) is 7.34. The first-order valence-electron chi connectivity index (χ1n) is 9.64. The molecule has 0 aliphatic heterocycles. The summed E-state index contributed by atoms with van der Waals surface area (Å²) in [5.41, 5.74) is 3.71. The summed E-state index contributed by atoms with van der Waals surface area (Å²) in [6.07, 6.45) is 3.20. The molecule has 1 aromatic rings. The van der Waals surface area contributed by atoms with E-state index in [0.29, 0.717) is 24.2 Å². The van der Waals surface area contributed by atoms with E-state index in [1.165, 1.54) is 0 Å². The smallest absolute Gasteiger partial charge is 0.309 e. The van der Waals surface area contributed by atoms with E-state index in [4.69, 9.17) is 4.74 Å². The highest BCUT2D eigenvalue weighted by Crippen LogP contribution is 2.40. The van der Waals surface area contributed by atoms with Gasteiger partial charge in [0.25, 0.3) is 0 Å². The van der Waals surface area contributed by atoms with E-state index in [0.717, 1.165) is 36.0 Å². The fourth-order valence-corrected chi connectivity index (χ4v) is 4.44. The molecule has 140 valence electrons. The fourth-order valence-electron chi connectivity index (χ4n) is 4.44. The van der Waals surface area contributed by atoms with Gasteiger partial charge >= 0.3 is 5.97 Å². The highest BCUT2D eigenvalue weighted by molar-refractivity contribution is 6.01. The molecule has 0 heterocycles. The van der Waals surface area contributed by atoms with Crippen LogP contribution in [0.25, 0.3) is 0 Å². The Morgan fingerprint density at radius 1 is 1.00 bits per heavy atom. The monoisotopic (exact) mass is 356 g/mol. The lowest BCUT2D eigenvalue weighted by Crippen LogP contribution is -2.40. The van der Waals surface area contributed by atoms with Crippen molar-refractivity contribution in [3.05, 3.63) is 34.4 Å². The molecule has 2 aliphatic carbocycles. The van der Waals surface area contributed by atoms with Gasteiger partial charge in [0.1, 0.15) is 5.78 Å². The standard InChI is InChI=1S/C22H28O4/c1-12-8-14(3)19(9-13(12)2)20(23)15(4)26-22(25)18-10-16-6-5-7-17(11-18)21(16)24/h8-9,15-18H,5-7,10-11H2,1-4H3. The molecule has 0 spiro atoms. The third-order valence-electron chi connectivity index (χ3n) is 6.15. The van der Waals surface area contributed by atoms with Gasteiger partial charge in [0.15, 0.2) is 6.10 Å². The first-order valence-corrected chi connectivity index (χ1v) is 9.64. The van der Waals surface area contributed by atoms with Crippen LogP contribution in [-0.4, -0.2) is 23.6 Å². The Kier molecular flexibility index (Phi) is 5.31. The largest absolute Gasteiger partial charge is 0.454 e. The molecule has 0 amide bonds. The number of carbonyl (C=O) groups excluding carboxylic acids is 3. The Morgan fingerprint density at radius 3 is 2.19 bits per heavy atom. The average Bonchev–Trinajstić information content (AvgIpc) is 2.57. The van der Waals surface area contributed by atoms with Gasteiger partial charge < -0.3 is 4.74 Å². The van der Waals surface area contributed by atoms with Crippen molar-refractivity contribution in [2.45, 2.75) is 65.9 Å². The summed E-state index contributed by atoms with van der Waals surface area (Å²) < 4.78 is 5.53. The van der Waals surface area contributed by atoms with Gasteiger partial charge in [0, 0.05) is 17.4 Å². The predicted octanol–water partition coefficient (Wildman–Crippen LogP) is 4.12. The predicted molar refractivity (Wildman–Crippen MR) is 99.1 cm³/mol. The number of fused-ring (bicyclic) bond motifs is 2. The van der Waals surface area contributed by atoms with Crippen molar-refractivity contribution < 1.29 is 19.1 Å². The maximum atomic E-state index is 12.8. The quantitative estimate of drug-likeness (QED) is 0.601. The number of hydrogen-bond donors (Lipinski definition) is 0. The Hall–Kier alpha value is -1.97. The number of ketones is 2. The number of ether oxygens (including phenoxy) is 1. The van der Waals surface area contributed by atoms with Crippen LogP contribution in [0.3, 0.4) is 0 Å². The number of rotatable bonds is 4. The van der Waals surface area contributed by atoms with Gasteiger partial charge in [0.2, 0.25) is 5.78 Å². The summed E-state index contributed by atoms with van der Waals surface area (Å²) in [7, 11) is 0. The Bertz CT molecular complexity index is 733. The average molecular weight is 356 g/mol. The summed E-state index contributed by atoms with van der Waals surface area (Å²) in [4.78, 5) is 37.5. The molecule has 4 nitrogen and oxygen atoms in total. The molecule has 0 aromatic heterocycles. The van der Waals surface area contributed by atoms with E-state index < -0.39 is 6.10 Å². The van der Waals surface area contributed by atoms with Gasteiger partial charge in [-0.05, 0) is 76.1 Å². The van der Waals surface area contributed by atoms with Gasteiger partial charge in [-0.3, -0.25) is 14.4 Å². The van der Waals surface area contributed by atoms with Crippen LogP contribution in [0.4, 0.5) is 0 Å². The molecule has 26 heavy (non-hydrogen) atoms. The molecule has 2 fully saturated rings. The molecule has 0 saturated heterocycles. The van der Waals surface area contributed by atoms with Crippen LogP contribution in [0.5, 0.6) is 0 Å². The topological polar surface area (TPSA) is 60.4 Å². The molecule has 2 bridgehead atoms. The van der Waals surface area contributed by atoms with E-state index in [9.17, 15) is 14.4 Å². The first-order chi connectivity index (χ1) is 12.3. The van der Waals surface area contributed by atoms with Crippen molar-refractivity contribution in [3.63, 3.8) is 0 Å². The molecule has 1 aromatic carbocycles. The van der Waals surface area contributed by atoms with Gasteiger partial charge in [-0.1, -0.05) is 12.5 Å². The Balaban J connectivity index is 1.67. The number of esters is 1. The SMILES string of the molecule is Cc1cc(C)c(C(=O)C(C)OC(=O)C2CC3CCCC(C2)C3=O)cc1C. The zero-order valence-corrected chi connectivity index (χ0v) is 16.1. The summed E-state index contributed by atoms with van der Waals surface area (Å²) in [5, 5.41) is 0. The summed E-state index contributed by atoms with van der Waals surface area (Å²) in [6, 6.07) is 3.87. The zero-order valence-electron chi connectivity index (χ0n) is 16.1. The molecule has 2 aliphatic rings. The fraction of sp³-hybridized carbons (Fsp3) is 0.591. The van der Waals surface area contributed by atoms with Crippen LogP contribution >= 0.6 is 0 Å². The minimum absolute atomic E-state index is 0.00745. The summed E-state index contributed by atoms with van der Waals surface area (Å²) >= 11 is 0. The maximum absolute atomic E-state index is 12.8. The molecule has 0 N–H and O–H groups in total. The van der Waals surface area contributed by atoms with Crippen LogP contribution in [0.15, 0.2) is 12.1 Å². The zero-order chi connectivity index (χ0) is 19.0. The lowest BCUT2D eigenvalue weighted by molar-refractivity contribution is -0.155. The van der Waals surface area contributed by atoms with E-state index in [1.807, 2.05) is 32.9 Å². The molecule has 0 radical (unpaired) electrons. The second-order valence-electron chi connectivity index (χ2n) is 8.09. The number of carbonyl (C=O) groups is 3. The minimum atomic E-state index is -0.805. The highest BCUT2D eigenvalue weighted by atomic mass is 16.5. The van der Waals surface area contributed by atoms with Gasteiger partial charge in [-0.2, -0.15) is 0 Å². The second-order valence-corrected chi connectivity index (χ2v) is 8.09. The van der Waals surface area contributed by atoms with Gasteiger partial charge in [0.05, 0.1) is 5.92 Å². The Labute approximate surface area is 155 Å². The van der Waals surface area contributed by atoms with Crippen LogP contribution < -0.4 is 0 Å². The lowest BCUT2D eigenvalue weighted by atomic mass is 9.67. The molecule has 2 saturated carbocycles. The number of hydrogen-bond acceptors (Lipinski definition) is 4. The third-order valence-corrected chi connectivity index (χ3v) is 6.15. The number of benzene rings is 1. The van der Waals surface area contributed by atoms with Crippen molar-refractivity contribution in [3.8, 4) is 0 Å². The van der Waals surface area contributed by atoms with Crippen molar-refractivity contribution in [2.24, 2.45) is 17.8 Å². The summed E-state index contributed by atoms with van der Waals surface area (Å²) in [6.45, 7) is 7.53.